The molecule has 2 aromatic rings. The van der Waals surface area contributed by atoms with Gasteiger partial charge in [0.1, 0.15) is 5.84 Å². The SMILES string of the molecule is CCCN(CCC)C(=O)C1=Cc2ccc(-c3cccc(S(=O)(=O)NCCCCCCO)c3)cc2N=C(N)C1. The summed E-state index contributed by atoms with van der Waals surface area (Å²) in [7, 11) is -3.65. The fraction of sp³-hybridized carbons (Fsp3) is 0.448. The lowest BCUT2D eigenvalue weighted by atomic mass is 10.0. The van der Waals surface area contributed by atoms with Gasteiger partial charge in [0.05, 0.1) is 10.6 Å². The quantitative estimate of drug-likeness (QED) is 0.302. The third-order valence-corrected chi connectivity index (χ3v) is 7.86. The van der Waals surface area contributed by atoms with Crippen LogP contribution in [-0.2, 0) is 14.8 Å². The number of nitrogens with two attached hydrogens (primary N) is 1. The normalized spacial score (nSPS) is 13.3. The van der Waals surface area contributed by atoms with Crippen LogP contribution in [0, 0.1) is 0 Å². The molecule has 1 aliphatic rings. The zero-order chi connectivity index (χ0) is 27.5. The van der Waals surface area contributed by atoms with Gasteiger partial charge in [-0.15, -0.1) is 0 Å². The fourth-order valence-corrected chi connectivity index (χ4v) is 5.61. The van der Waals surface area contributed by atoms with Gasteiger partial charge in [-0.25, -0.2) is 18.1 Å². The Hall–Kier alpha value is -3.01. The second-order valence-electron chi connectivity index (χ2n) is 9.58. The number of amidine groups is 1. The van der Waals surface area contributed by atoms with Gasteiger partial charge in [0.2, 0.25) is 15.9 Å². The van der Waals surface area contributed by atoms with E-state index in [2.05, 4.69) is 23.6 Å². The number of aliphatic hydroxyl groups is 1. The molecule has 0 bridgehead atoms. The predicted octanol–water partition coefficient (Wildman–Crippen LogP) is 4.61. The third-order valence-electron chi connectivity index (χ3n) is 6.40. The van der Waals surface area contributed by atoms with Crippen LogP contribution in [0.4, 0.5) is 5.69 Å². The van der Waals surface area contributed by atoms with Crippen molar-refractivity contribution in [2.75, 3.05) is 26.2 Å². The van der Waals surface area contributed by atoms with Crippen molar-refractivity contribution < 1.29 is 18.3 Å². The first kappa shape index (κ1) is 29.5. The van der Waals surface area contributed by atoms with E-state index in [1.165, 1.54) is 0 Å². The highest BCUT2D eigenvalue weighted by molar-refractivity contribution is 7.89. The van der Waals surface area contributed by atoms with E-state index in [9.17, 15) is 13.2 Å². The molecule has 0 aromatic heterocycles. The van der Waals surface area contributed by atoms with E-state index in [0.717, 1.165) is 55.2 Å². The molecule has 0 fully saturated rings. The van der Waals surface area contributed by atoms with Crippen LogP contribution in [0.2, 0.25) is 0 Å². The molecule has 0 aliphatic carbocycles. The Morgan fingerprint density at radius 1 is 1.03 bits per heavy atom. The van der Waals surface area contributed by atoms with Gasteiger partial charge < -0.3 is 15.7 Å². The van der Waals surface area contributed by atoms with Crippen LogP contribution in [0.25, 0.3) is 17.2 Å². The van der Waals surface area contributed by atoms with Crippen molar-refractivity contribution in [1.29, 1.82) is 0 Å². The summed E-state index contributed by atoms with van der Waals surface area (Å²) in [5.74, 6) is 0.357. The molecule has 2 aromatic carbocycles. The number of hydrogen-bond donors (Lipinski definition) is 3. The molecular weight excluding hydrogens is 500 g/mol. The van der Waals surface area contributed by atoms with E-state index < -0.39 is 10.0 Å². The molecule has 1 aliphatic heterocycles. The molecular formula is C29H40N4O4S. The summed E-state index contributed by atoms with van der Waals surface area (Å²) in [4.78, 5) is 19.9. The molecule has 0 unspecified atom stereocenters. The molecule has 3 rings (SSSR count). The zero-order valence-corrected chi connectivity index (χ0v) is 23.3. The van der Waals surface area contributed by atoms with Crippen molar-refractivity contribution in [3.05, 3.63) is 53.6 Å². The molecule has 9 heteroatoms. The maximum absolute atomic E-state index is 13.2. The number of sulfonamides is 1. The van der Waals surface area contributed by atoms with Gasteiger partial charge in [0.15, 0.2) is 0 Å². The van der Waals surface area contributed by atoms with E-state index in [4.69, 9.17) is 10.8 Å². The van der Waals surface area contributed by atoms with Gasteiger partial charge in [-0.2, -0.15) is 0 Å². The van der Waals surface area contributed by atoms with E-state index >= 15 is 0 Å². The standard InChI is InChI=1S/C29H40N4O4S/c1-3-15-33(16-4-2)29(35)25-18-24-13-12-23(20-27(24)32-28(30)21-25)22-10-9-11-26(19-22)38(36,37)31-14-7-5-6-8-17-34/h9-13,18-20,31,34H,3-8,14-17,21H2,1-2H3,(H2,30,32). The van der Waals surface area contributed by atoms with Gasteiger partial charge in [-0.05, 0) is 61.1 Å². The number of aliphatic imine (C=N–C) groups is 1. The Balaban J connectivity index is 1.82. The summed E-state index contributed by atoms with van der Waals surface area (Å²) in [5, 5.41) is 8.86. The minimum atomic E-state index is -3.65. The van der Waals surface area contributed by atoms with Crippen molar-refractivity contribution in [2.24, 2.45) is 10.7 Å². The molecule has 206 valence electrons. The molecule has 4 N–H and O–H groups in total. The minimum Gasteiger partial charge on any atom is -0.396 e. The molecule has 1 heterocycles. The molecule has 0 radical (unpaired) electrons. The lowest BCUT2D eigenvalue weighted by Gasteiger charge is -2.22. The monoisotopic (exact) mass is 540 g/mol. The highest BCUT2D eigenvalue weighted by atomic mass is 32.2. The number of aliphatic hydroxyl groups excluding tert-OH is 1. The topological polar surface area (TPSA) is 125 Å². The van der Waals surface area contributed by atoms with Crippen LogP contribution >= 0.6 is 0 Å². The van der Waals surface area contributed by atoms with Crippen LogP contribution in [-0.4, -0.2) is 56.4 Å². The molecule has 8 nitrogen and oxygen atoms in total. The van der Waals surface area contributed by atoms with E-state index in [-0.39, 0.29) is 23.8 Å². The average molecular weight is 541 g/mol. The zero-order valence-electron chi connectivity index (χ0n) is 22.4. The number of benzene rings is 2. The Bertz CT molecular complexity index is 1270. The van der Waals surface area contributed by atoms with Gasteiger partial charge in [-0.3, -0.25) is 4.79 Å². The first-order valence-corrected chi connectivity index (χ1v) is 14.9. The smallest absolute Gasteiger partial charge is 0.250 e. The van der Waals surface area contributed by atoms with Crippen molar-refractivity contribution in [3.63, 3.8) is 0 Å². The first-order chi connectivity index (χ1) is 18.3. The number of fused-ring (bicyclic) bond motifs is 1. The summed E-state index contributed by atoms with van der Waals surface area (Å²) in [5.41, 5.74) is 9.84. The third kappa shape index (κ3) is 7.99. The second kappa shape index (κ2) is 14.2. The summed E-state index contributed by atoms with van der Waals surface area (Å²) >= 11 is 0. The summed E-state index contributed by atoms with van der Waals surface area (Å²) in [6.45, 7) is 6.02. The Labute approximate surface area is 226 Å². The number of carbonyl (C=O) groups excluding carboxylic acids is 1. The molecule has 38 heavy (non-hydrogen) atoms. The second-order valence-corrected chi connectivity index (χ2v) is 11.3. The highest BCUT2D eigenvalue weighted by Gasteiger charge is 2.21. The number of nitrogens with one attached hydrogen (secondary N) is 1. The lowest BCUT2D eigenvalue weighted by Crippen LogP contribution is -2.34. The van der Waals surface area contributed by atoms with Gasteiger partial charge in [0, 0.05) is 43.8 Å². The maximum atomic E-state index is 13.2. The fourth-order valence-electron chi connectivity index (χ4n) is 4.49. The number of rotatable bonds is 14. The van der Waals surface area contributed by atoms with Gasteiger partial charge in [-0.1, -0.05) is 51.0 Å². The van der Waals surface area contributed by atoms with E-state index in [1.54, 1.807) is 18.2 Å². The van der Waals surface area contributed by atoms with E-state index in [0.29, 0.717) is 36.7 Å². The Morgan fingerprint density at radius 3 is 2.45 bits per heavy atom. The van der Waals surface area contributed by atoms with Crippen LogP contribution in [0.3, 0.4) is 0 Å². The van der Waals surface area contributed by atoms with Gasteiger partial charge in [0.25, 0.3) is 0 Å². The van der Waals surface area contributed by atoms with Crippen molar-refractivity contribution in [2.45, 2.75) is 63.7 Å². The first-order valence-electron chi connectivity index (χ1n) is 13.5. The molecule has 1 amide bonds. The predicted molar refractivity (Wildman–Crippen MR) is 154 cm³/mol. The largest absolute Gasteiger partial charge is 0.396 e. The van der Waals surface area contributed by atoms with Crippen LogP contribution < -0.4 is 10.5 Å². The number of unbranched alkanes of at least 4 members (excludes halogenated alkanes) is 3. The minimum absolute atomic E-state index is 0.0115. The molecule has 0 spiro atoms. The number of hydrogen-bond acceptors (Lipinski definition) is 6. The van der Waals surface area contributed by atoms with Crippen molar-refractivity contribution >= 4 is 33.5 Å². The average Bonchev–Trinajstić information content (AvgIpc) is 3.07. The Kier molecular flexibility index (Phi) is 11.1. The molecule has 0 saturated heterocycles. The summed E-state index contributed by atoms with van der Waals surface area (Å²) < 4.78 is 28.3. The number of amides is 1. The summed E-state index contributed by atoms with van der Waals surface area (Å²) in [6, 6.07) is 12.5. The summed E-state index contributed by atoms with van der Waals surface area (Å²) in [6.07, 6.45) is 7.11. The number of nitrogens with zero attached hydrogens (tertiary/aromatic N) is 2. The Morgan fingerprint density at radius 2 is 1.74 bits per heavy atom. The molecule has 0 atom stereocenters. The maximum Gasteiger partial charge on any atom is 0.250 e. The van der Waals surface area contributed by atoms with Crippen LogP contribution in [0.1, 0.15) is 64.4 Å². The highest BCUT2D eigenvalue weighted by Crippen LogP contribution is 2.32. The van der Waals surface area contributed by atoms with Crippen LogP contribution in [0.15, 0.2) is 57.9 Å². The van der Waals surface area contributed by atoms with E-state index in [1.807, 2.05) is 35.2 Å². The van der Waals surface area contributed by atoms with Gasteiger partial charge >= 0.3 is 0 Å². The van der Waals surface area contributed by atoms with Crippen molar-refractivity contribution in [3.8, 4) is 11.1 Å². The lowest BCUT2D eigenvalue weighted by molar-refractivity contribution is -0.127. The number of carbonyl (C=O) groups is 1. The molecule has 0 saturated carbocycles. The van der Waals surface area contributed by atoms with Crippen molar-refractivity contribution in [1.82, 2.24) is 9.62 Å². The van der Waals surface area contributed by atoms with Crippen LogP contribution in [0.5, 0.6) is 0 Å².